The van der Waals surface area contributed by atoms with Gasteiger partial charge in [0.05, 0.1) is 7.11 Å². The first-order chi connectivity index (χ1) is 59.1. The van der Waals surface area contributed by atoms with Gasteiger partial charge in [0.15, 0.2) is 11.3 Å². The molecule has 8 heterocycles. The zero-order valence-corrected chi connectivity index (χ0v) is 69.4. The molecule has 0 saturated heterocycles. The van der Waals surface area contributed by atoms with Gasteiger partial charge in [0, 0.05) is 113 Å². The van der Waals surface area contributed by atoms with Crippen LogP contribution in [0.5, 0.6) is 34.5 Å². The molecular weight excluding hydrogens is 1630 g/mol. The summed E-state index contributed by atoms with van der Waals surface area (Å²) < 4.78 is 79.1. The van der Waals surface area contributed by atoms with Crippen molar-refractivity contribution in [3.63, 3.8) is 0 Å². The Balaban J connectivity index is 0.000000113. The Morgan fingerprint density at radius 3 is 1.15 bits per heavy atom. The second-order valence-corrected chi connectivity index (χ2v) is 30.5. The van der Waals surface area contributed by atoms with Crippen molar-refractivity contribution in [1.82, 2.24) is 0 Å². The molecule has 0 aliphatic carbocycles. The quantitative estimate of drug-likeness (QED) is 0.0816. The molecule has 608 valence electrons. The number of aryl methyl sites for hydroxylation is 6. The van der Waals surface area contributed by atoms with Crippen LogP contribution in [0.3, 0.4) is 0 Å². The van der Waals surface area contributed by atoms with Crippen molar-refractivity contribution in [3.05, 3.63) is 396 Å². The van der Waals surface area contributed by atoms with E-state index in [0.29, 0.717) is 104 Å². The van der Waals surface area contributed by atoms with Gasteiger partial charge in [-0.2, -0.15) is 0 Å². The summed E-state index contributed by atoms with van der Waals surface area (Å²) in [4.78, 5) is 57.6. The van der Waals surface area contributed by atoms with E-state index in [2.05, 4.69) is 70.5 Å². The first-order valence-corrected chi connectivity index (χ1v) is 40.0. The number of benzene rings is 12. The van der Waals surface area contributed by atoms with E-state index in [-0.39, 0.29) is 41.3 Å². The molecule has 0 N–H and O–H groups in total. The maximum Gasteiger partial charge on any atom is 0.336 e. The van der Waals surface area contributed by atoms with Crippen LogP contribution >= 0.6 is 27.5 Å². The summed E-state index contributed by atoms with van der Waals surface area (Å²) in [6, 6.07) is 85.0. The lowest BCUT2D eigenvalue weighted by Crippen LogP contribution is -1.99. The largest absolute Gasteiger partial charge is 0.493 e. The second kappa shape index (κ2) is 35.9. The van der Waals surface area contributed by atoms with Gasteiger partial charge in [-0.15, -0.1) is 0 Å². The zero-order chi connectivity index (χ0) is 84.7. The third-order valence-electron chi connectivity index (χ3n) is 20.3. The molecule has 12 aromatic carbocycles. The van der Waals surface area contributed by atoms with Crippen molar-refractivity contribution >= 4 is 137 Å². The molecule has 8 aromatic heterocycles. The first-order valence-electron chi connectivity index (χ1n) is 38.8. The average Bonchev–Trinajstić information content (AvgIpc) is 1.49. The van der Waals surface area contributed by atoms with E-state index in [1.807, 2.05) is 193 Å². The van der Waals surface area contributed by atoms with E-state index in [1.165, 1.54) is 51.9 Å². The molecule has 0 spiro atoms. The molecule has 0 aliphatic heterocycles. The molecule has 0 fully saturated rings. The predicted octanol–water partition coefficient (Wildman–Crippen LogP) is 24.7. The molecule has 0 radical (unpaired) electrons. The standard InChI is InChI=1S/C21H18O5.2C21H16O3.C19H13BrO4.C19H13ClO4/c1-12-6-14-9-16(25-21(14)19(7-12)23-3)11-24-15-4-5-17-13(2)8-20(22)26-18(17)10-15;1-14-11-21(22)24-20-12-17(9-10-18(14)20)23-13-16-7-4-6-15-5-2-3-8-19(15)16;1-14-10-21(22)24-20-12-18(8-9-19(14)20)23-13-15-6-7-16-4-2-3-5-17(16)11-15;2*1-11-6-19(21)24-18-9-14(3-4-16(11)18)22-10-15-8-12-7-13(20)2-5-17(12)23-15/h4-10H,11H2,1-3H3;2*2-12H,13H2,1H3;2*2-9H,10H2,1H3. The molecule has 19 nitrogen and oxygen atoms in total. The smallest absolute Gasteiger partial charge is 0.336 e. The molecule has 21 heteroatoms. The van der Waals surface area contributed by atoms with Crippen LogP contribution in [0.1, 0.15) is 61.8 Å². The van der Waals surface area contributed by atoms with Crippen LogP contribution in [0.15, 0.2) is 337 Å². The molecular formula is C101H76BrClO19. The summed E-state index contributed by atoms with van der Waals surface area (Å²) in [5.74, 6) is 6.02. The molecule has 0 bridgehead atoms. The monoisotopic (exact) mass is 1710 g/mol. The summed E-state index contributed by atoms with van der Waals surface area (Å²) >= 11 is 9.42. The van der Waals surface area contributed by atoms with Gasteiger partial charge >= 0.3 is 28.1 Å². The number of ether oxygens (including phenoxy) is 6. The van der Waals surface area contributed by atoms with Crippen LogP contribution in [-0.2, 0) is 33.0 Å². The van der Waals surface area contributed by atoms with Crippen LogP contribution in [0.4, 0.5) is 0 Å². The van der Waals surface area contributed by atoms with E-state index in [0.717, 1.165) is 109 Å². The van der Waals surface area contributed by atoms with Gasteiger partial charge in [-0.1, -0.05) is 106 Å². The van der Waals surface area contributed by atoms with Crippen molar-refractivity contribution in [3.8, 4) is 34.5 Å². The van der Waals surface area contributed by atoms with Crippen molar-refractivity contribution in [2.24, 2.45) is 0 Å². The molecule has 20 aromatic rings. The maximum atomic E-state index is 11.5. The molecule has 0 saturated carbocycles. The fourth-order valence-corrected chi connectivity index (χ4v) is 14.9. The number of rotatable bonds is 16. The van der Waals surface area contributed by atoms with E-state index in [9.17, 15) is 24.0 Å². The maximum absolute atomic E-state index is 11.5. The Bertz CT molecular complexity index is 7480. The number of fused-ring (bicyclic) bond motifs is 10. The van der Waals surface area contributed by atoms with Crippen LogP contribution in [0.25, 0.3) is 109 Å². The van der Waals surface area contributed by atoms with Crippen molar-refractivity contribution < 1.29 is 63.8 Å². The van der Waals surface area contributed by atoms with E-state index in [4.69, 9.17) is 75.4 Å². The Morgan fingerprint density at radius 2 is 0.680 bits per heavy atom. The summed E-state index contributed by atoms with van der Waals surface area (Å²) in [6.45, 7) is 13.2. The lowest BCUT2D eigenvalue weighted by molar-refractivity contribution is 0.273. The highest BCUT2D eigenvalue weighted by molar-refractivity contribution is 9.10. The number of methoxy groups -OCH3 is 1. The van der Waals surface area contributed by atoms with Gasteiger partial charge < -0.3 is 63.8 Å². The van der Waals surface area contributed by atoms with Crippen LogP contribution in [-0.4, -0.2) is 7.11 Å². The van der Waals surface area contributed by atoms with E-state index >= 15 is 0 Å². The lowest BCUT2D eigenvalue weighted by atomic mass is 10.1. The van der Waals surface area contributed by atoms with Crippen molar-refractivity contribution in [2.75, 3.05) is 7.11 Å². The Morgan fingerprint density at radius 1 is 0.287 bits per heavy atom. The van der Waals surface area contributed by atoms with Gasteiger partial charge in [-0.25, -0.2) is 24.0 Å². The highest BCUT2D eigenvalue weighted by Crippen LogP contribution is 2.35. The van der Waals surface area contributed by atoms with Gasteiger partial charge in [0.25, 0.3) is 0 Å². The van der Waals surface area contributed by atoms with Crippen molar-refractivity contribution in [2.45, 2.75) is 74.6 Å². The second-order valence-electron chi connectivity index (χ2n) is 29.2. The third kappa shape index (κ3) is 19.2. The number of furan rings is 3. The summed E-state index contributed by atoms with van der Waals surface area (Å²) in [5.41, 5.74) is 10.9. The molecule has 0 amide bonds. The normalized spacial score (nSPS) is 11.2. The molecule has 20 rings (SSSR count). The van der Waals surface area contributed by atoms with Crippen molar-refractivity contribution in [1.29, 1.82) is 0 Å². The summed E-state index contributed by atoms with van der Waals surface area (Å²) in [7, 11) is 1.62. The minimum Gasteiger partial charge on any atom is -0.493 e. The topological polar surface area (TPSA) is 246 Å². The fourth-order valence-electron chi connectivity index (χ4n) is 14.3. The Kier molecular flexibility index (Phi) is 23.9. The zero-order valence-electron chi connectivity index (χ0n) is 67.0. The van der Waals surface area contributed by atoms with Crippen LogP contribution in [0.2, 0.25) is 5.02 Å². The first kappa shape index (κ1) is 81.2. The molecule has 0 aliphatic rings. The molecule has 122 heavy (non-hydrogen) atoms. The van der Waals surface area contributed by atoms with Gasteiger partial charge in [-0.3, -0.25) is 0 Å². The SMILES string of the molecule is COc1cc(C)cc2cc(COc3ccc4c(C)cc(=O)oc4c3)oc12.Cc1cc(=O)oc2cc(OCc3cc4cc(Br)ccc4o3)ccc12.Cc1cc(=O)oc2cc(OCc3cc4cc(Cl)ccc4o3)ccc12.Cc1cc(=O)oc2cc(OCc3ccc4ccccc4c3)ccc12.Cc1cc(=O)oc2cc(OCc3cccc4ccccc34)ccc12. The minimum atomic E-state index is -0.369. The van der Waals surface area contributed by atoms with Gasteiger partial charge in [-0.05, 0) is 241 Å². The van der Waals surface area contributed by atoms with E-state index in [1.54, 1.807) is 43.5 Å². The van der Waals surface area contributed by atoms with Gasteiger partial charge in [0.2, 0.25) is 0 Å². The molecule has 0 atom stereocenters. The minimum absolute atomic E-state index is 0.262. The van der Waals surface area contributed by atoms with Gasteiger partial charge in [0.1, 0.15) is 118 Å². The fraction of sp³-hybridized carbons (Fsp3) is 0.119. The number of hydrogen-bond donors (Lipinski definition) is 0. The number of halogens is 2. The highest BCUT2D eigenvalue weighted by Gasteiger charge is 2.16. The molecule has 0 unspecified atom stereocenters. The Hall–Kier alpha value is -14.6. The highest BCUT2D eigenvalue weighted by atomic mass is 79.9. The van der Waals surface area contributed by atoms with E-state index < -0.39 is 0 Å². The number of hydrogen-bond acceptors (Lipinski definition) is 19. The summed E-state index contributed by atoms with van der Waals surface area (Å²) in [5, 5.41) is 12.9. The van der Waals surface area contributed by atoms with Crippen LogP contribution < -0.4 is 56.5 Å². The Labute approximate surface area is 708 Å². The predicted molar refractivity (Wildman–Crippen MR) is 478 cm³/mol. The average molecular weight is 1710 g/mol. The summed E-state index contributed by atoms with van der Waals surface area (Å²) in [6.07, 6.45) is 0. The third-order valence-corrected chi connectivity index (χ3v) is 21.0. The lowest BCUT2D eigenvalue weighted by Gasteiger charge is -2.10. The van der Waals surface area contributed by atoms with Crippen LogP contribution in [0, 0.1) is 41.5 Å².